The molecule has 13 heavy (non-hydrogen) atoms. The van der Waals surface area contributed by atoms with Crippen molar-refractivity contribution in [2.75, 3.05) is 0 Å². The number of hydrogen-bond acceptors (Lipinski definition) is 1. The van der Waals surface area contributed by atoms with Crippen LogP contribution in [0.2, 0.25) is 0 Å². The van der Waals surface area contributed by atoms with Crippen molar-refractivity contribution >= 4 is 17.0 Å². The third-order valence-electron chi connectivity index (χ3n) is 1.35. The third kappa shape index (κ3) is 6.11. The molecule has 0 radical (unpaired) electrons. The molecule has 2 rings (SSSR count). The Hall–Kier alpha value is -1.09. The van der Waals surface area contributed by atoms with E-state index in [0.29, 0.717) is 0 Å². The average Bonchev–Trinajstić information content (AvgIpc) is 2.62. The van der Waals surface area contributed by atoms with Gasteiger partial charge in [0, 0.05) is 12.4 Å². The number of benzene rings is 1. The number of halogens is 1. The zero-order valence-corrected chi connectivity index (χ0v) is 9.19. The highest BCUT2D eigenvalue weighted by Crippen LogP contribution is 1.92. The molecule has 0 spiro atoms. The second-order valence-electron chi connectivity index (χ2n) is 2.42. The third-order valence-corrected chi connectivity index (χ3v) is 1.35. The number of aryl methyl sites for hydroxylation is 1. The topological polar surface area (TPSA) is 28.7 Å². The van der Waals surface area contributed by atoms with E-state index in [9.17, 15) is 0 Å². The quantitative estimate of drug-likeness (QED) is 0.754. The molecule has 0 aliphatic carbocycles. The van der Waals surface area contributed by atoms with Crippen LogP contribution in [0.25, 0.3) is 0 Å². The lowest BCUT2D eigenvalue weighted by Crippen LogP contribution is -1.62. The van der Waals surface area contributed by atoms with Crippen LogP contribution in [0, 0.1) is 6.92 Å². The molecule has 1 N–H and O–H groups in total. The van der Waals surface area contributed by atoms with E-state index in [2.05, 4.69) is 29.0 Å². The first-order valence-corrected chi connectivity index (χ1v) is 3.84. The summed E-state index contributed by atoms with van der Waals surface area (Å²) in [6.07, 6.45) is 5.08. The summed E-state index contributed by atoms with van der Waals surface area (Å²) >= 11 is 0. The maximum Gasteiger partial charge on any atom is 0.0919 e. The maximum absolute atomic E-state index is 3.67. The Labute approximate surface area is 88.8 Å². The zero-order valence-electron chi connectivity index (χ0n) is 7.47. The second kappa shape index (κ2) is 7.55. The van der Waals surface area contributed by atoms with Gasteiger partial charge in [-0.25, -0.2) is 4.98 Å². The van der Waals surface area contributed by atoms with Crippen molar-refractivity contribution in [3.05, 3.63) is 54.6 Å². The van der Waals surface area contributed by atoms with Crippen molar-refractivity contribution < 1.29 is 0 Å². The molecule has 0 unspecified atom stereocenters. The molecule has 1 aromatic carbocycles. The minimum absolute atomic E-state index is 0. The first-order chi connectivity index (χ1) is 5.89. The van der Waals surface area contributed by atoms with Crippen molar-refractivity contribution in [2.24, 2.45) is 0 Å². The lowest BCUT2D eigenvalue weighted by molar-refractivity contribution is 1.31. The number of nitrogens with one attached hydrogen (secondary N) is 1. The summed E-state index contributed by atoms with van der Waals surface area (Å²) in [7, 11) is 0. The van der Waals surface area contributed by atoms with E-state index in [1.807, 2.05) is 18.2 Å². The minimum atomic E-state index is 0. The summed E-state index contributed by atoms with van der Waals surface area (Å²) in [5.41, 5.74) is 1.32. The molecule has 0 aliphatic heterocycles. The molecule has 3 heteroatoms. The molecular formula is C10H13BrN2. The van der Waals surface area contributed by atoms with Gasteiger partial charge >= 0.3 is 0 Å². The van der Waals surface area contributed by atoms with Gasteiger partial charge in [0.05, 0.1) is 6.33 Å². The lowest BCUT2D eigenvalue weighted by atomic mass is 10.2. The fraction of sp³-hybridized carbons (Fsp3) is 0.100. The van der Waals surface area contributed by atoms with Crippen molar-refractivity contribution in [3.8, 4) is 0 Å². The number of aromatic amines is 1. The molecule has 0 aliphatic rings. The Morgan fingerprint density at radius 3 is 2.08 bits per heavy atom. The molecule has 0 bridgehead atoms. The summed E-state index contributed by atoms with van der Waals surface area (Å²) in [5.74, 6) is 0. The van der Waals surface area contributed by atoms with Crippen LogP contribution >= 0.6 is 17.0 Å². The molecule has 0 fully saturated rings. The van der Waals surface area contributed by atoms with Crippen molar-refractivity contribution in [3.63, 3.8) is 0 Å². The molecule has 0 saturated heterocycles. The van der Waals surface area contributed by atoms with Crippen molar-refractivity contribution in [1.82, 2.24) is 9.97 Å². The first-order valence-electron chi connectivity index (χ1n) is 3.84. The normalized spacial score (nSPS) is 7.77. The second-order valence-corrected chi connectivity index (χ2v) is 2.42. The summed E-state index contributed by atoms with van der Waals surface area (Å²) in [5, 5.41) is 0. The van der Waals surface area contributed by atoms with Crippen LogP contribution in [0.1, 0.15) is 5.56 Å². The van der Waals surface area contributed by atoms with Crippen LogP contribution < -0.4 is 0 Å². The highest BCUT2D eigenvalue weighted by Gasteiger charge is 1.72. The summed E-state index contributed by atoms with van der Waals surface area (Å²) in [4.78, 5) is 6.42. The molecule has 1 aromatic heterocycles. The SMILES string of the molecule is Br.Cc1ccccc1.c1c[nH]cn1. The number of H-pyrrole nitrogens is 1. The number of hydrogen-bond donors (Lipinski definition) is 1. The van der Waals surface area contributed by atoms with Crippen LogP contribution in [-0.4, -0.2) is 9.97 Å². The van der Waals surface area contributed by atoms with Gasteiger partial charge in [0.2, 0.25) is 0 Å². The zero-order chi connectivity index (χ0) is 8.65. The number of nitrogens with zero attached hydrogens (tertiary/aromatic N) is 1. The standard InChI is InChI=1S/C7H8.C3H4N2.BrH/c1-7-5-3-2-4-6-7;1-2-5-3-4-1;/h2-6H,1H3;1-3H,(H,4,5);1H. The van der Waals surface area contributed by atoms with E-state index in [1.165, 1.54) is 5.56 Å². The summed E-state index contributed by atoms with van der Waals surface area (Å²) in [6, 6.07) is 10.3. The van der Waals surface area contributed by atoms with Gasteiger partial charge in [-0.2, -0.15) is 0 Å². The largest absolute Gasteiger partial charge is 0.351 e. The van der Waals surface area contributed by atoms with E-state index < -0.39 is 0 Å². The van der Waals surface area contributed by atoms with Crippen LogP contribution in [0.15, 0.2) is 49.1 Å². The Morgan fingerprint density at radius 2 is 1.85 bits per heavy atom. The number of imidazole rings is 1. The Kier molecular flexibility index (Phi) is 6.92. The van der Waals surface area contributed by atoms with Gasteiger partial charge in [-0.3, -0.25) is 0 Å². The molecule has 1 heterocycles. The van der Waals surface area contributed by atoms with Gasteiger partial charge in [0.1, 0.15) is 0 Å². The lowest BCUT2D eigenvalue weighted by Gasteiger charge is -1.82. The molecule has 70 valence electrons. The van der Waals surface area contributed by atoms with Crippen LogP contribution in [0.4, 0.5) is 0 Å². The van der Waals surface area contributed by atoms with E-state index >= 15 is 0 Å². The van der Waals surface area contributed by atoms with Crippen molar-refractivity contribution in [1.29, 1.82) is 0 Å². The summed E-state index contributed by atoms with van der Waals surface area (Å²) < 4.78 is 0. The highest BCUT2D eigenvalue weighted by atomic mass is 79.9. The van der Waals surface area contributed by atoms with Gasteiger partial charge in [0.15, 0.2) is 0 Å². The predicted molar refractivity (Wildman–Crippen MR) is 60.1 cm³/mol. The van der Waals surface area contributed by atoms with Gasteiger partial charge in [0.25, 0.3) is 0 Å². The molecular weight excluding hydrogens is 228 g/mol. The van der Waals surface area contributed by atoms with Crippen LogP contribution in [0.3, 0.4) is 0 Å². The smallest absolute Gasteiger partial charge is 0.0919 e. The van der Waals surface area contributed by atoms with Crippen molar-refractivity contribution in [2.45, 2.75) is 6.92 Å². The fourth-order valence-corrected chi connectivity index (χ4v) is 0.750. The van der Waals surface area contributed by atoms with Gasteiger partial charge in [-0.1, -0.05) is 35.9 Å². The van der Waals surface area contributed by atoms with Gasteiger partial charge in [-0.15, -0.1) is 17.0 Å². The summed E-state index contributed by atoms with van der Waals surface area (Å²) in [6.45, 7) is 2.08. The van der Waals surface area contributed by atoms with E-state index in [4.69, 9.17) is 0 Å². The van der Waals surface area contributed by atoms with Gasteiger partial charge < -0.3 is 4.98 Å². The first kappa shape index (κ1) is 11.9. The van der Waals surface area contributed by atoms with E-state index in [1.54, 1.807) is 18.7 Å². The fourth-order valence-electron chi connectivity index (χ4n) is 0.750. The number of rotatable bonds is 0. The maximum atomic E-state index is 3.67. The molecule has 0 amide bonds. The predicted octanol–water partition coefficient (Wildman–Crippen LogP) is 2.98. The highest BCUT2D eigenvalue weighted by molar-refractivity contribution is 8.93. The molecule has 2 aromatic rings. The van der Waals surface area contributed by atoms with Crippen LogP contribution in [0.5, 0.6) is 0 Å². The molecule has 2 nitrogen and oxygen atoms in total. The number of aromatic nitrogens is 2. The van der Waals surface area contributed by atoms with E-state index in [-0.39, 0.29) is 17.0 Å². The van der Waals surface area contributed by atoms with Gasteiger partial charge in [-0.05, 0) is 6.92 Å². The van der Waals surface area contributed by atoms with Crippen LogP contribution in [-0.2, 0) is 0 Å². The minimum Gasteiger partial charge on any atom is -0.351 e. The average molecular weight is 241 g/mol. The molecule has 0 saturated carbocycles. The van der Waals surface area contributed by atoms with E-state index in [0.717, 1.165) is 0 Å². The Morgan fingerprint density at radius 1 is 1.15 bits per heavy atom. The monoisotopic (exact) mass is 240 g/mol. The molecule has 0 atom stereocenters. The Bertz CT molecular complexity index is 262. The Balaban J connectivity index is 0.000000215.